The topological polar surface area (TPSA) is 206 Å². The number of ether oxygens (including phenoxy) is 1. The molecule has 0 unspecified atom stereocenters. The van der Waals surface area contributed by atoms with E-state index < -0.39 is 0 Å². The fourth-order valence-electron chi connectivity index (χ4n) is 6.53. The molecule has 15 nitrogen and oxygen atoms in total. The van der Waals surface area contributed by atoms with Crippen LogP contribution in [0.2, 0.25) is 10.0 Å². The molecule has 4 aromatic heterocycles. The van der Waals surface area contributed by atoms with Crippen molar-refractivity contribution in [3.63, 3.8) is 0 Å². The van der Waals surface area contributed by atoms with Gasteiger partial charge in [0.25, 0.3) is 11.1 Å². The van der Waals surface area contributed by atoms with Gasteiger partial charge in [-0.15, -0.1) is 0 Å². The summed E-state index contributed by atoms with van der Waals surface area (Å²) in [7, 11) is 3.32. The van der Waals surface area contributed by atoms with E-state index in [4.69, 9.17) is 33.0 Å². The molecule has 0 aliphatic heterocycles. The zero-order valence-electron chi connectivity index (χ0n) is 32.2. The van der Waals surface area contributed by atoms with Gasteiger partial charge in [-0.25, -0.2) is 9.59 Å². The summed E-state index contributed by atoms with van der Waals surface area (Å²) in [5, 5.41) is 10.3. The summed E-state index contributed by atoms with van der Waals surface area (Å²) in [6, 6.07) is 14.9. The molecule has 0 bridgehead atoms. The SMILES string of the molecule is CC(=O)OCCCn1c(=O)c2c(c(C)cn2Cc2ccc(Cl)cc2)n(C)c1=O.Cc1cn(Cc2ccc(Cl)cc2)c2c(=O)n(CCCO)c(=O)n(C)c12.O.[Li+].[OH-]. The molecule has 0 fully saturated rings. The third-order valence-electron chi connectivity index (χ3n) is 8.97. The van der Waals surface area contributed by atoms with E-state index in [-0.39, 0.29) is 84.6 Å². The standard InChI is InChI=1S/C20H22ClN3O4.C18H20ClN3O3.Li.2H2O/c1-13-11-23(12-15-5-7-16(21)8-6-15)18-17(13)22(3)20(27)24(19(18)26)9-4-10-28-14(2)25;1-12-10-21(11-13-4-6-14(19)7-5-13)16-15(12)20(2)18(25)22(17(16)24)8-3-9-23;;;/h5-8,11H,4,9-10,12H2,1-3H3;4-7,10,23H,3,8-9,11H2,1-2H3;;2*1H2/q;;+1;;/p-1. The maximum absolute atomic E-state index is 13.1. The van der Waals surface area contributed by atoms with E-state index in [0.29, 0.717) is 58.0 Å². The molecule has 0 atom stereocenters. The van der Waals surface area contributed by atoms with E-state index in [9.17, 15) is 24.0 Å². The Morgan fingerprint density at radius 2 is 1.05 bits per heavy atom. The molecule has 0 aliphatic carbocycles. The molecule has 4 heterocycles. The Morgan fingerprint density at radius 3 is 1.41 bits per heavy atom. The predicted molar refractivity (Wildman–Crippen MR) is 212 cm³/mol. The first-order valence-electron chi connectivity index (χ1n) is 17.0. The van der Waals surface area contributed by atoms with Crippen LogP contribution in [0.5, 0.6) is 0 Å². The van der Waals surface area contributed by atoms with Gasteiger partial charge in [0.05, 0.1) is 17.6 Å². The molecule has 6 aromatic rings. The summed E-state index contributed by atoms with van der Waals surface area (Å²) < 4.78 is 14.0. The third kappa shape index (κ3) is 10.2. The van der Waals surface area contributed by atoms with Gasteiger partial charge in [0, 0.05) is 76.2 Å². The summed E-state index contributed by atoms with van der Waals surface area (Å²) in [4.78, 5) is 62.1. The Hall–Kier alpha value is -4.59. The maximum Gasteiger partial charge on any atom is 1.00 e. The Labute approximate surface area is 343 Å². The molecule has 0 spiro atoms. The number of hydrogen-bond acceptors (Lipinski definition) is 8. The molecule has 4 N–H and O–H groups in total. The number of benzene rings is 2. The van der Waals surface area contributed by atoms with Crippen LogP contribution in [0.1, 0.15) is 42.0 Å². The second kappa shape index (κ2) is 20.5. The third-order valence-corrected chi connectivity index (χ3v) is 9.48. The van der Waals surface area contributed by atoms with Gasteiger partial charge in [-0.05, 0) is 73.2 Å². The van der Waals surface area contributed by atoms with Crippen molar-refractivity contribution in [2.75, 3.05) is 13.2 Å². The largest absolute Gasteiger partial charge is 1.00 e. The van der Waals surface area contributed by atoms with E-state index in [2.05, 4.69) is 0 Å². The van der Waals surface area contributed by atoms with Crippen molar-refractivity contribution in [3.8, 4) is 0 Å². The number of fused-ring (bicyclic) bond motifs is 2. The number of aromatic nitrogens is 6. The molecule has 56 heavy (non-hydrogen) atoms. The van der Waals surface area contributed by atoms with Crippen LogP contribution < -0.4 is 41.4 Å². The Bertz CT molecular complexity index is 2530. The van der Waals surface area contributed by atoms with E-state index in [1.165, 1.54) is 25.2 Å². The molecule has 2 aromatic carbocycles. The quantitative estimate of drug-likeness (QED) is 0.110. The van der Waals surface area contributed by atoms with E-state index >= 15 is 0 Å². The van der Waals surface area contributed by atoms with Crippen LogP contribution in [-0.4, -0.2) is 62.6 Å². The fraction of sp³-hybridized carbons (Fsp3) is 0.342. The maximum atomic E-state index is 13.1. The van der Waals surface area contributed by atoms with Gasteiger partial charge in [-0.1, -0.05) is 47.5 Å². The number of aryl methyl sites for hydroxylation is 4. The molecule has 0 amide bonds. The van der Waals surface area contributed by atoms with Crippen molar-refractivity contribution in [2.45, 2.75) is 59.8 Å². The number of hydrogen-bond donors (Lipinski definition) is 1. The van der Waals surface area contributed by atoms with Gasteiger partial charge in [0.15, 0.2) is 0 Å². The molecule has 6 rings (SSSR count). The number of esters is 1. The van der Waals surface area contributed by atoms with Crippen molar-refractivity contribution in [1.82, 2.24) is 27.4 Å². The molecule has 0 aliphatic rings. The number of halogens is 2. The van der Waals surface area contributed by atoms with Crippen LogP contribution in [0.25, 0.3) is 22.1 Å². The number of nitrogens with zero attached hydrogens (tertiary/aromatic N) is 6. The summed E-state index contributed by atoms with van der Waals surface area (Å²) in [5.41, 5.74) is 4.55. The minimum Gasteiger partial charge on any atom is -0.870 e. The van der Waals surface area contributed by atoms with Crippen LogP contribution in [0, 0.1) is 13.8 Å². The Morgan fingerprint density at radius 1 is 0.679 bits per heavy atom. The van der Waals surface area contributed by atoms with Crippen molar-refractivity contribution < 1.29 is 44.5 Å². The summed E-state index contributed by atoms with van der Waals surface area (Å²) >= 11 is 11.9. The van der Waals surface area contributed by atoms with Gasteiger partial charge in [-0.3, -0.25) is 32.7 Å². The monoisotopic (exact) mass is 806 g/mol. The summed E-state index contributed by atoms with van der Waals surface area (Å²) in [6.07, 6.45) is 4.51. The smallest absolute Gasteiger partial charge is 0.870 e. The first-order chi connectivity index (χ1) is 25.2. The van der Waals surface area contributed by atoms with Crippen LogP contribution in [0.3, 0.4) is 0 Å². The number of aliphatic hydroxyl groups is 1. The van der Waals surface area contributed by atoms with Gasteiger partial charge in [-0.2, -0.15) is 0 Å². The molecule has 0 radical (unpaired) electrons. The van der Waals surface area contributed by atoms with E-state index in [1.807, 2.05) is 71.8 Å². The summed E-state index contributed by atoms with van der Waals surface area (Å²) in [5.74, 6) is -0.386. The number of aliphatic hydroxyl groups excluding tert-OH is 1. The zero-order valence-corrected chi connectivity index (χ0v) is 33.7. The first kappa shape index (κ1) is 47.6. The van der Waals surface area contributed by atoms with E-state index in [1.54, 1.807) is 26.2 Å². The number of rotatable bonds is 11. The number of carbonyl (C=O) groups excluding carboxylic acids is 1. The Kier molecular flexibility index (Phi) is 17.4. The van der Waals surface area contributed by atoms with Crippen molar-refractivity contribution in [3.05, 3.63) is 135 Å². The van der Waals surface area contributed by atoms with E-state index in [0.717, 1.165) is 22.3 Å². The van der Waals surface area contributed by atoms with Crippen LogP contribution in [0.4, 0.5) is 0 Å². The van der Waals surface area contributed by atoms with Crippen LogP contribution in [0.15, 0.2) is 80.1 Å². The second-order valence-electron chi connectivity index (χ2n) is 12.9. The molecule has 0 saturated heterocycles. The average Bonchev–Trinajstić information content (AvgIpc) is 3.63. The van der Waals surface area contributed by atoms with Crippen LogP contribution in [-0.2, 0) is 49.8 Å². The minimum atomic E-state index is -0.386. The molecule has 296 valence electrons. The molecule has 18 heteroatoms. The molecular weight excluding hydrogens is 762 g/mol. The fourth-order valence-corrected chi connectivity index (χ4v) is 6.78. The van der Waals surface area contributed by atoms with Gasteiger partial charge in [0.2, 0.25) is 0 Å². The van der Waals surface area contributed by atoms with Crippen molar-refractivity contribution >= 4 is 51.2 Å². The zero-order chi connectivity index (χ0) is 38.6. The molecule has 0 saturated carbocycles. The van der Waals surface area contributed by atoms with Gasteiger partial charge in [0.1, 0.15) is 11.0 Å². The van der Waals surface area contributed by atoms with Gasteiger partial charge >= 0.3 is 36.2 Å². The second-order valence-corrected chi connectivity index (χ2v) is 13.8. The average molecular weight is 808 g/mol. The van der Waals surface area contributed by atoms with Crippen LogP contribution >= 0.6 is 23.2 Å². The van der Waals surface area contributed by atoms with Crippen molar-refractivity contribution in [2.24, 2.45) is 14.1 Å². The Balaban J connectivity index is 0.000000369. The summed E-state index contributed by atoms with van der Waals surface area (Å²) in [6.45, 7) is 6.55. The predicted octanol–water partition coefficient (Wildman–Crippen LogP) is 0.362. The minimum absolute atomic E-state index is 0. The van der Waals surface area contributed by atoms with Gasteiger partial charge < -0.3 is 29.9 Å². The number of carbonyl (C=O) groups is 1. The van der Waals surface area contributed by atoms with Crippen molar-refractivity contribution in [1.29, 1.82) is 0 Å². The molecular formula is C38H45Cl2LiN6O9. The normalized spacial score (nSPS) is 10.6. The first-order valence-corrected chi connectivity index (χ1v) is 17.8.